The van der Waals surface area contributed by atoms with Crippen molar-refractivity contribution in [3.05, 3.63) is 28.3 Å². The van der Waals surface area contributed by atoms with Crippen molar-refractivity contribution in [2.24, 2.45) is 5.92 Å². The molecule has 1 aliphatic heterocycles. The van der Waals surface area contributed by atoms with Gasteiger partial charge in [-0.25, -0.2) is 0 Å². The maximum absolute atomic E-state index is 10.5. The molecule has 0 spiro atoms. The topological polar surface area (TPSA) is 90.4 Å². The minimum absolute atomic E-state index is 0.0113. The van der Waals surface area contributed by atoms with E-state index in [-0.39, 0.29) is 5.69 Å². The Morgan fingerprint density at radius 3 is 3.00 bits per heavy atom. The monoisotopic (exact) mass is 237 g/mol. The van der Waals surface area contributed by atoms with E-state index in [4.69, 9.17) is 10.5 Å². The van der Waals surface area contributed by atoms with Crippen LogP contribution in [0.25, 0.3) is 0 Å². The highest BCUT2D eigenvalue weighted by Crippen LogP contribution is 2.24. The first-order chi connectivity index (χ1) is 8.16. The Kier molecular flexibility index (Phi) is 3.43. The van der Waals surface area contributed by atoms with Crippen LogP contribution in [0.1, 0.15) is 6.42 Å². The fourth-order valence-corrected chi connectivity index (χ4v) is 1.82. The number of hydrogen-bond donors (Lipinski definition) is 2. The molecule has 6 nitrogen and oxygen atoms in total. The maximum atomic E-state index is 10.5. The van der Waals surface area contributed by atoms with Crippen LogP contribution in [0.15, 0.2) is 18.2 Å². The summed E-state index contributed by atoms with van der Waals surface area (Å²) in [4.78, 5) is 10.1. The van der Waals surface area contributed by atoms with Gasteiger partial charge in [-0.3, -0.25) is 10.1 Å². The minimum atomic E-state index is -0.453. The van der Waals surface area contributed by atoms with Gasteiger partial charge in [0.05, 0.1) is 22.9 Å². The van der Waals surface area contributed by atoms with Crippen LogP contribution in [0.4, 0.5) is 17.1 Å². The molecule has 3 N–H and O–H groups in total. The summed E-state index contributed by atoms with van der Waals surface area (Å²) in [6.07, 6.45) is 1.04. The van der Waals surface area contributed by atoms with E-state index in [1.54, 1.807) is 6.07 Å². The average Bonchev–Trinajstić information content (AvgIpc) is 2.80. The quantitative estimate of drug-likeness (QED) is 0.472. The van der Waals surface area contributed by atoms with Crippen molar-refractivity contribution in [1.82, 2.24) is 0 Å². The van der Waals surface area contributed by atoms with Crippen molar-refractivity contribution in [2.75, 3.05) is 30.8 Å². The van der Waals surface area contributed by atoms with E-state index in [1.165, 1.54) is 12.1 Å². The Morgan fingerprint density at radius 2 is 2.41 bits per heavy atom. The van der Waals surface area contributed by atoms with E-state index in [2.05, 4.69) is 5.32 Å². The van der Waals surface area contributed by atoms with Gasteiger partial charge in [-0.2, -0.15) is 0 Å². The summed E-state index contributed by atoms with van der Waals surface area (Å²) in [5.74, 6) is 0.490. The van der Waals surface area contributed by atoms with Crippen LogP contribution >= 0.6 is 0 Å². The van der Waals surface area contributed by atoms with Crippen LogP contribution in [0.3, 0.4) is 0 Å². The second-order valence-electron chi connectivity index (χ2n) is 4.14. The third-order valence-electron chi connectivity index (χ3n) is 2.85. The highest BCUT2D eigenvalue weighted by atomic mass is 16.6. The first-order valence-electron chi connectivity index (χ1n) is 5.52. The van der Waals surface area contributed by atoms with Crippen molar-refractivity contribution < 1.29 is 9.66 Å². The molecule has 1 saturated heterocycles. The van der Waals surface area contributed by atoms with Crippen molar-refractivity contribution in [3.8, 4) is 0 Å². The summed E-state index contributed by atoms with van der Waals surface area (Å²) >= 11 is 0. The molecule has 1 aromatic carbocycles. The van der Waals surface area contributed by atoms with Gasteiger partial charge in [0.15, 0.2) is 0 Å². The number of nitrogen functional groups attached to an aromatic ring is 1. The zero-order valence-corrected chi connectivity index (χ0v) is 9.39. The van der Waals surface area contributed by atoms with Crippen LogP contribution in [0.2, 0.25) is 0 Å². The van der Waals surface area contributed by atoms with Gasteiger partial charge in [-0.05, 0) is 12.5 Å². The minimum Gasteiger partial charge on any atom is -0.397 e. The van der Waals surface area contributed by atoms with Crippen LogP contribution < -0.4 is 11.1 Å². The molecule has 0 bridgehead atoms. The standard InChI is InChI=1S/C11H15N3O3/c12-10-5-9(14(15)16)1-2-11(10)13-6-8-3-4-17-7-8/h1-2,5,8,13H,3-4,6-7,12H2. The van der Waals surface area contributed by atoms with Gasteiger partial charge in [0.25, 0.3) is 5.69 Å². The number of nitro benzene ring substituents is 1. The Labute approximate surface area is 98.9 Å². The summed E-state index contributed by atoms with van der Waals surface area (Å²) in [6.45, 7) is 2.35. The van der Waals surface area contributed by atoms with Gasteiger partial charge in [-0.1, -0.05) is 0 Å². The molecule has 1 atom stereocenters. The highest BCUT2D eigenvalue weighted by molar-refractivity contribution is 5.69. The average molecular weight is 237 g/mol. The lowest BCUT2D eigenvalue weighted by Crippen LogP contribution is -2.14. The largest absolute Gasteiger partial charge is 0.397 e. The second-order valence-corrected chi connectivity index (χ2v) is 4.14. The number of anilines is 2. The number of nitrogens with zero attached hydrogens (tertiary/aromatic N) is 1. The number of ether oxygens (including phenoxy) is 1. The van der Waals surface area contributed by atoms with Gasteiger partial charge >= 0.3 is 0 Å². The van der Waals surface area contributed by atoms with Crippen LogP contribution in [-0.2, 0) is 4.74 Å². The normalized spacial score (nSPS) is 19.2. The van der Waals surface area contributed by atoms with E-state index in [9.17, 15) is 10.1 Å². The Hall–Kier alpha value is -1.82. The summed E-state index contributed by atoms with van der Waals surface area (Å²) in [5.41, 5.74) is 6.90. The van der Waals surface area contributed by atoms with Gasteiger partial charge in [0.1, 0.15) is 0 Å². The molecule has 1 aromatic rings. The first kappa shape index (κ1) is 11.7. The van der Waals surface area contributed by atoms with Gasteiger partial charge in [-0.15, -0.1) is 0 Å². The molecule has 0 saturated carbocycles. The molecule has 1 fully saturated rings. The summed E-state index contributed by atoms with van der Waals surface area (Å²) in [6, 6.07) is 4.46. The van der Waals surface area contributed by atoms with E-state index < -0.39 is 4.92 Å². The fraction of sp³-hybridized carbons (Fsp3) is 0.455. The summed E-state index contributed by atoms with van der Waals surface area (Å²) < 4.78 is 5.27. The van der Waals surface area contributed by atoms with Gasteiger partial charge in [0, 0.05) is 31.2 Å². The van der Waals surface area contributed by atoms with Crippen molar-refractivity contribution in [1.29, 1.82) is 0 Å². The molecule has 0 aromatic heterocycles. The molecule has 1 aliphatic rings. The third-order valence-corrected chi connectivity index (χ3v) is 2.85. The number of nitrogens with two attached hydrogens (primary N) is 1. The molecule has 92 valence electrons. The van der Waals surface area contributed by atoms with E-state index >= 15 is 0 Å². The molecule has 6 heteroatoms. The van der Waals surface area contributed by atoms with Gasteiger partial charge < -0.3 is 15.8 Å². The van der Waals surface area contributed by atoms with Crippen LogP contribution in [0, 0.1) is 16.0 Å². The molecular formula is C11H15N3O3. The SMILES string of the molecule is Nc1cc([N+](=O)[O-])ccc1NCC1CCOC1. The fourth-order valence-electron chi connectivity index (χ4n) is 1.82. The summed E-state index contributed by atoms with van der Waals surface area (Å²) in [5, 5.41) is 13.7. The summed E-state index contributed by atoms with van der Waals surface area (Å²) in [7, 11) is 0. The predicted octanol–water partition coefficient (Wildman–Crippen LogP) is 1.63. The molecule has 1 heterocycles. The van der Waals surface area contributed by atoms with E-state index in [1.807, 2.05) is 0 Å². The van der Waals surface area contributed by atoms with E-state index in [0.717, 1.165) is 31.9 Å². The molecule has 0 aliphatic carbocycles. The Morgan fingerprint density at radius 1 is 1.59 bits per heavy atom. The van der Waals surface area contributed by atoms with Crippen molar-refractivity contribution in [3.63, 3.8) is 0 Å². The maximum Gasteiger partial charge on any atom is 0.271 e. The lowest BCUT2D eigenvalue weighted by Gasteiger charge is -2.12. The Balaban J connectivity index is 1.98. The molecule has 1 unspecified atom stereocenters. The van der Waals surface area contributed by atoms with Crippen LogP contribution in [0.5, 0.6) is 0 Å². The molecule has 2 rings (SSSR count). The highest BCUT2D eigenvalue weighted by Gasteiger charge is 2.16. The lowest BCUT2D eigenvalue weighted by molar-refractivity contribution is -0.384. The van der Waals surface area contributed by atoms with Gasteiger partial charge in [0.2, 0.25) is 0 Å². The lowest BCUT2D eigenvalue weighted by atomic mass is 10.1. The van der Waals surface area contributed by atoms with E-state index in [0.29, 0.717) is 11.6 Å². The zero-order valence-electron chi connectivity index (χ0n) is 9.39. The van der Waals surface area contributed by atoms with Crippen molar-refractivity contribution in [2.45, 2.75) is 6.42 Å². The third kappa shape index (κ3) is 2.85. The molecule has 0 amide bonds. The smallest absolute Gasteiger partial charge is 0.271 e. The number of benzene rings is 1. The van der Waals surface area contributed by atoms with Crippen LogP contribution in [-0.4, -0.2) is 24.7 Å². The number of nitro groups is 1. The Bertz CT molecular complexity index is 416. The predicted molar refractivity (Wildman–Crippen MR) is 64.9 cm³/mol. The second kappa shape index (κ2) is 5.01. The first-order valence-corrected chi connectivity index (χ1v) is 5.52. The van der Waals surface area contributed by atoms with Crippen molar-refractivity contribution >= 4 is 17.1 Å². The number of rotatable bonds is 4. The molecule has 17 heavy (non-hydrogen) atoms. The number of nitrogens with one attached hydrogen (secondary N) is 1. The zero-order chi connectivity index (χ0) is 12.3. The molecular weight excluding hydrogens is 222 g/mol. The number of hydrogen-bond acceptors (Lipinski definition) is 5. The number of non-ortho nitro benzene ring substituents is 1. The molecule has 0 radical (unpaired) electrons.